The Labute approximate surface area is 292 Å². The van der Waals surface area contributed by atoms with Gasteiger partial charge in [-0.15, -0.1) is 22.7 Å². The van der Waals surface area contributed by atoms with E-state index in [0.717, 1.165) is 59.8 Å². The lowest BCUT2D eigenvalue weighted by Crippen LogP contribution is -2.02. The maximum Gasteiger partial charge on any atom is 0.235 e. The van der Waals surface area contributed by atoms with E-state index in [1.807, 2.05) is 23.5 Å². The zero-order valence-corrected chi connectivity index (χ0v) is 28.0. The fraction of sp³-hybridized carbons (Fsp3) is 0. The molecule has 0 bridgehead atoms. The first-order chi connectivity index (χ1) is 24.8. The summed E-state index contributed by atoms with van der Waals surface area (Å²) in [5, 5.41) is 10.8. The van der Waals surface area contributed by atoms with Crippen LogP contribution in [-0.4, -0.2) is 14.5 Å². The van der Waals surface area contributed by atoms with E-state index in [4.69, 9.17) is 14.4 Å². The largest absolute Gasteiger partial charge is 0.455 e. The van der Waals surface area contributed by atoms with Gasteiger partial charge in [0.15, 0.2) is 0 Å². The molecule has 5 heterocycles. The van der Waals surface area contributed by atoms with Gasteiger partial charge in [0, 0.05) is 57.4 Å². The van der Waals surface area contributed by atoms with Crippen molar-refractivity contribution in [1.82, 2.24) is 14.5 Å². The predicted octanol–water partition coefficient (Wildman–Crippen LogP) is 13.0. The highest BCUT2D eigenvalue weighted by atomic mass is 32.1. The van der Waals surface area contributed by atoms with Crippen LogP contribution in [0.1, 0.15) is 0 Å². The molecule has 0 amide bonds. The summed E-state index contributed by atoms with van der Waals surface area (Å²) in [5.74, 6) is 0.650. The monoisotopic (exact) mass is 673 g/mol. The number of para-hydroxylation sites is 3. The van der Waals surface area contributed by atoms with E-state index < -0.39 is 0 Å². The van der Waals surface area contributed by atoms with Crippen LogP contribution in [-0.2, 0) is 0 Å². The van der Waals surface area contributed by atoms with E-state index in [1.165, 1.54) is 46.4 Å². The van der Waals surface area contributed by atoms with E-state index in [2.05, 4.69) is 132 Å². The van der Waals surface area contributed by atoms with E-state index in [-0.39, 0.29) is 0 Å². The zero-order chi connectivity index (χ0) is 32.5. The minimum atomic E-state index is 0.650. The van der Waals surface area contributed by atoms with E-state index >= 15 is 0 Å². The van der Waals surface area contributed by atoms with Crippen molar-refractivity contribution in [2.24, 2.45) is 0 Å². The van der Waals surface area contributed by atoms with Crippen molar-refractivity contribution in [2.75, 3.05) is 0 Å². The number of thiophene rings is 2. The number of benzene rings is 7. The molecule has 5 aromatic heterocycles. The molecule has 0 aliphatic rings. The molecule has 0 unspecified atom stereocenters. The number of fused-ring (bicyclic) bond motifs is 14. The lowest BCUT2D eigenvalue weighted by atomic mass is 10.0. The third-order valence-electron chi connectivity index (χ3n) is 10.2. The smallest absolute Gasteiger partial charge is 0.235 e. The lowest BCUT2D eigenvalue weighted by Gasteiger charge is -2.11. The fourth-order valence-electron chi connectivity index (χ4n) is 8.02. The summed E-state index contributed by atoms with van der Waals surface area (Å²) in [6.45, 7) is 0. The van der Waals surface area contributed by atoms with Gasteiger partial charge in [-0.3, -0.25) is 4.57 Å². The van der Waals surface area contributed by atoms with Crippen molar-refractivity contribution < 1.29 is 4.42 Å². The van der Waals surface area contributed by atoms with Crippen LogP contribution >= 0.6 is 22.7 Å². The Balaban J connectivity index is 1.24. The number of furan rings is 1. The molecule has 7 aromatic carbocycles. The van der Waals surface area contributed by atoms with Gasteiger partial charge >= 0.3 is 0 Å². The first kappa shape index (κ1) is 26.8. The van der Waals surface area contributed by atoms with Crippen molar-refractivity contribution in [3.05, 3.63) is 140 Å². The standard InChI is InChI=1S/C44H23N3OS2/c1-5-16-33-25(10-1)32-22-24-20-21-38-39(28-12-3-7-18-36(28)49-38)31(24)23-34(32)47(33)44-45-40-29-13-4-8-19-37(29)50-43(40)41(46-44)30-15-9-14-27-26-11-2-6-17-35(26)48-42(27)30/h1-23H. The second-order valence-corrected chi connectivity index (χ2v) is 15.0. The van der Waals surface area contributed by atoms with Crippen LogP contribution in [0.15, 0.2) is 144 Å². The van der Waals surface area contributed by atoms with Gasteiger partial charge in [-0.2, -0.15) is 0 Å². The highest BCUT2D eigenvalue weighted by molar-refractivity contribution is 7.26. The molecule has 0 saturated carbocycles. The van der Waals surface area contributed by atoms with Gasteiger partial charge in [0.25, 0.3) is 0 Å². The number of hydrogen-bond acceptors (Lipinski definition) is 5. The average Bonchev–Trinajstić information content (AvgIpc) is 3.92. The highest BCUT2D eigenvalue weighted by Crippen LogP contribution is 2.45. The maximum atomic E-state index is 6.59. The molecule has 0 radical (unpaired) electrons. The molecule has 0 N–H and O–H groups in total. The van der Waals surface area contributed by atoms with Crippen LogP contribution in [0.25, 0.3) is 112 Å². The van der Waals surface area contributed by atoms with Gasteiger partial charge in [0.1, 0.15) is 11.2 Å². The Kier molecular flexibility index (Phi) is 5.23. The van der Waals surface area contributed by atoms with Crippen LogP contribution in [0.4, 0.5) is 0 Å². The van der Waals surface area contributed by atoms with Crippen LogP contribution in [0.3, 0.4) is 0 Å². The zero-order valence-electron chi connectivity index (χ0n) is 26.3. The molecule has 12 aromatic rings. The molecule has 6 heteroatoms. The molecular weight excluding hydrogens is 651 g/mol. The molecule has 0 fully saturated rings. The van der Waals surface area contributed by atoms with Crippen LogP contribution < -0.4 is 0 Å². The number of nitrogens with zero attached hydrogens (tertiary/aromatic N) is 3. The van der Waals surface area contributed by atoms with Gasteiger partial charge in [0.05, 0.1) is 26.9 Å². The Hall–Kier alpha value is -6.08. The molecule has 0 spiro atoms. The van der Waals surface area contributed by atoms with Crippen molar-refractivity contribution in [3.63, 3.8) is 0 Å². The topological polar surface area (TPSA) is 43.9 Å². The SMILES string of the molecule is c1ccc2c(c1)oc1c(-c3nc(-n4c5ccccc5c5cc6ccc7sc8ccccc8c7c6cc54)nc4c3sc3ccccc34)cccc12. The molecule has 0 aliphatic carbocycles. The molecular formula is C44H23N3OS2. The number of aromatic nitrogens is 3. The van der Waals surface area contributed by atoms with Gasteiger partial charge in [-0.1, -0.05) is 91.0 Å². The Bertz CT molecular complexity index is 3400. The molecule has 12 rings (SSSR count). The van der Waals surface area contributed by atoms with Crippen molar-refractivity contribution in [2.45, 2.75) is 0 Å². The minimum absolute atomic E-state index is 0.650. The predicted molar refractivity (Wildman–Crippen MR) is 212 cm³/mol. The van der Waals surface area contributed by atoms with E-state index in [0.29, 0.717) is 5.95 Å². The minimum Gasteiger partial charge on any atom is -0.455 e. The Morgan fingerprint density at radius 1 is 0.500 bits per heavy atom. The Morgan fingerprint density at radius 2 is 1.24 bits per heavy atom. The molecule has 232 valence electrons. The van der Waals surface area contributed by atoms with E-state index in [1.54, 1.807) is 11.3 Å². The normalized spacial score (nSPS) is 12.4. The van der Waals surface area contributed by atoms with Crippen molar-refractivity contribution in [3.8, 4) is 17.2 Å². The summed E-state index contributed by atoms with van der Waals surface area (Å²) >= 11 is 3.60. The second-order valence-electron chi connectivity index (χ2n) is 12.9. The molecule has 0 aliphatic heterocycles. The third kappa shape index (κ3) is 3.53. The van der Waals surface area contributed by atoms with Crippen molar-refractivity contribution >= 4 is 118 Å². The first-order valence-electron chi connectivity index (χ1n) is 16.7. The number of rotatable bonds is 2. The average molecular weight is 674 g/mol. The summed E-state index contributed by atoms with van der Waals surface area (Å²) in [7, 11) is 0. The van der Waals surface area contributed by atoms with Crippen molar-refractivity contribution in [1.29, 1.82) is 0 Å². The first-order valence-corrected chi connectivity index (χ1v) is 18.3. The molecule has 4 nitrogen and oxygen atoms in total. The van der Waals surface area contributed by atoms with Gasteiger partial charge in [0.2, 0.25) is 5.95 Å². The maximum absolute atomic E-state index is 6.59. The van der Waals surface area contributed by atoms with Gasteiger partial charge in [-0.25, -0.2) is 9.97 Å². The summed E-state index contributed by atoms with van der Waals surface area (Å²) in [4.78, 5) is 10.9. The van der Waals surface area contributed by atoms with Crippen LogP contribution in [0, 0.1) is 0 Å². The summed E-state index contributed by atoms with van der Waals surface area (Å²) in [6, 6.07) is 49.8. The lowest BCUT2D eigenvalue weighted by molar-refractivity contribution is 0.670. The quantitative estimate of drug-likeness (QED) is 0.183. The summed E-state index contributed by atoms with van der Waals surface area (Å²) in [6.07, 6.45) is 0. The summed E-state index contributed by atoms with van der Waals surface area (Å²) in [5.41, 5.74) is 6.70. The van der Waals surface area contributed by atoms with Crippen LogP contribution in [0.5, 0.6) is 0 Å². The van der Waals surface area contributed by atoms with E-state index in [9.17, 15) is 0 Å². The summed E-state index contributed by atoms with van der Waals surface area (Å²) < 4.78 is 13.7. The van der Waals surface area contributed by atoms with Crippen LogP contribution in [0.2, 0.25) is 0 Å². The fourth-order valence-corrected chi connectivity index (χ4v) is 10.3. The molecule has 50 heavy (non-hydrogen) atoms. The number of hydrogen-bond donors (Lipinski definition) is 0. The Morgan fingerprint density at radius 3 is 2.14 bits per heavy atom. The highest BCUT2D eigenvalue weighted by Gasteiger charge is 2.23. The molecule has 0 atom stereocenters. The van der Waals surface area contributed by atoms with Gasteiger partial charge in [-0.05, 0) is 59.3 Å². The third-order valence-corrected chi connectivity index (χ3v) is 12.5. The second kappa shape index (κ2) is 9.76. The molecule has 0 saturated heterocycles. The van der Waals surface area contributed by atoms with Gasteiger partial charge < -0.3 is 4.42 Å².